The molecule has 34 heavy (non-hydrogen) atoms. The van der Waals surface area contributed by atoms with Crippen LogP contribution in [0.15, 0.2) is 73.1 Å². The van der Waals surface area contributed by atoms with E-state index in [9.17, 15) is 9.59 Å². The smallest absolute Gasteiger partial charge is 0.349 e. The van der Waals surface area contributed by atoms with E-state index >= 15 is 0 Å². The fourth-order valence-electron chi connectivity index (χ4n) is 2.35. The van der Waals surface area contributed by atoms with Crippen molar-refractivity contribution in [1.82, 2.24) is 9.97 Å². The normalized spacial score (nSPS) is 9.32. The number of rotatable bonds is 3. The minimum atomic E-state index is -0.967. The molecule has 0 amide bonds. The van der Waals surface area contributed by atoms with E-state index in [2.05, 4.69) is 33.6 Å². The molecule has 2 aromatic heterocycles. The molecule has 0 bridgehead atoms. The summed E-state index contributed by atoms with van der Waals surface area (Å²) in [6.07, 6.45) is 2.82. The van der Waals surface area contributed by atoms with Crippen LogP contribution in [0, 0.1) is 23.7 Å². The highest BCUT2D eigenvalue weighted by atomic mass is 32.1. The van der Waals surface area contributed by atoms with Crippen LogP contribution < -0.4 is 0 Å². The molecule has 4 aromatic rings. The van der Waals surface area contributed by atoms with E-state index in [1.165, 1.54) is 23.7 Å². The number of carbonyl (C=O) groups excluding carboxylic acids is 1. The highest BCUT2D eigenvalue weighted by molar-refractivity contribution is 7.14. The zero-order chi connectivity index (χ0) is 24.2. The monoisotopic (exact) mass is 486 g/mol. The van der Waals surface area contributed by atoms with Crippen LogP contribution in [0.25, 0.3) is 0 Å². The Hall–Kier alpha value is -4.24. The lowest BCUT2D eigenvalue weighted by atomic mass is 10.2. The molecule has 1 N–H and O–H groups in total. The third kappa shape index (κ3) is 7.72. The van der Waals surface area contributed by atoms with E-state index in [1.54, 1.807) is 6.92 Å². The van der Waals surface area contributed by atoms with Crippen molar-refractivity contribution >= 4 is 34.6 Å². The van der Waals surface area contributed by atoms with Gasteiger partial charge in [-0.25, -0.2) is 19.6 Å². The molecule has 0 aliphatic rings. The highest BCUT2D eigenvalue weighted by Crippen LogP contribution is 2.13. The predicted molar refractivity (Wildman–Crippen MR) is 132 cm³/mol. The number of esters is 1. The lowest BCUT2D eigenvalue weighted by molar-refractivity contribution is 0.0531. The quantitative estimate of drug-likeness (QED) is 0.325. The van der Waals surface area contributed by atoms with Gasteiger partial charge in [0.05, 0.1) is 19.0 Å². The van der Waals surface area contributed by atoms with Crippen molar-refractivity contribution in [3.8, 4) is 23.7 Å². The summed E-state index contributed by atoms with van der Waals surface area (Å²) < 4.78 is 4.89. The summed E-state index contributed by atoms with van der Waals surface area (Å²) in [5.74, 6) is 10.4. The van der Waals surface area contributed by atoms with Crippen LogP contribution in [0.1, 0.15) is 47.4 Å². The molecule has 4 rings (SSSR count). The van der Waals surface area contributed by atoms with Gasteiger partial charge in [0, 0.05) is 11.1 Å². The van der Waals surface area contributed by atoms with Gasteiger partial charge in [0.1, 0.15) is 9.75 Å². The molecule has 0 saturated heterocycles. The molecule has 0 spiro atoms. The van der Waals surface area contributed by atoms with Gasteiger partial charge in [-0.05, 0) is 43.0 Å². The van der Waals surface area contributed by atoms with Crippen molar-refractivity contribution in [1.29, 1.82) is 0 Å². The molecule has 0 saturated carbocycles. The average molecular weight is 487 g/mol. The van der Waals surface area contributed by atoms with Gasteiger partial charge >= 0.3 is 11.9 Å². The molecule has 168 valence electrons. The van der Waals surface area contributed by atoms with Crippen molar-refractivity contribution in [3.05, 3.63) is 104 Å². The van der Waals surface area contributed by atoms with Gasteiger partial charge in [-0.3, -0.25) is 0 Å². The molecule has 0 aliphatic carbocycles. The first-order chi connectivity index (χ1) is 16.5. The van der Waals surface area contributed by atoms with Crippen molar-refractivity contribution < 1.29 is 19.4 Å². The van der Waals surface area contributed by atoms with Crippen molar-refractivity contribution in [2.24, 2.45) is 0 Å². The molecule has 0 atom stereocenters. The average Bonchev–Trinajstić information content (AvgIpc) is 3.54. The number of hydrogen-bond donors (Lipinski definition) is 1. The third-order valence-corrected chi connectivity index (χ3v) is 5.67. The van der Waals surface area contributed by atoms with E-state index in [4.69, 9.17) is 9.84 Å². The second-order valence-corrected chi connectivity index (χ2v) is 8.38. The van der Waals surface area contributed by atoms with E-state index < -0.39 is 5.97 Å². The topological polar surface area (TPSA) is 89.4 Å². The second kappa shape index (κ2) is 12.7. The summed E-state index contributed by atoms with van der Waals surface area (Å²) >= 11 is 2.32. The van der Waals surface area contributed by atoms with Gasteiger partial charge in [0.25, 0.3) is 0 Å². The summed E-state index contributed by atoms with van der Waals surface area (Å²) in [5, 5.41) is 9.83. The van der Waals surface area contributed by atoms with Crippen LogP contribution in [0.5, 0.6) is 0 Å². The Morgan fingerprint density at radius 2 is 1.26 bits per heavy atom. The zero-order valence-corrected chi connectivity index (χ0v) is 19.7. The fraction of sp³-hybridized carbons (Fsp3) is 0.0769. The lowest BCUT2D eigenvalue weighted by Crippen LogP contribution is -2.01. The SMILES string of the molecule is CCOC(=O)c1cnc(C#Cc2ccccc2)s1.O=C(O)c1cnc(C#Cc2ccccc2)s1. The standard InChI is InChI=1S/C14H11NO2S.C12H7NO2S/c1-2-17-14(16)12-10-15-13(18-12)9-8-11-6-4-3-5-7-11;14-12(15)10-8-13-11(16-10)7-6-9-4-2-1-3-5-9/h3-7,10H,2H2,1H3;1-5,8H,(H,14,15). The third-order valence-electron chi connectivity index (χ3n) is 3.87. The summed E-state index contributed by atoms with van der Waals surface area (Å²) in [5.41, 5.74) is 1.81. The maximum absolute atomic E-state index is 11.4. The molecule has 0 aliphatic heterocycles. The first-order valence-electron chi connectivity index (χ1n) is 10.0. The van der Waals surface area contributed by atoms with Gasteiger partial charge in [-0.2, -0.15) is 0 Å². The number of carbonyl (C=O) groups is 2. The largest absolute Gasteiger partial charge is 0.477 e. The van der Waals surface area contributed by atoms with Crippen LogP contribution in [-0.4, -0.2) is 33.6 Å². The van der Waals surface area contributed by atoms with Crippen LogP contribution in [0.2, 0.25) is 0 Å². The highest BCUT2D eigenvalue weighted by Gasteiger charge is 2.10. The number of aromatic carboxylic acids is 1. The van der Waals surface area contributed by atoms with Gasteiger partial charge in [-0.15, -0.1) is 0 Å². The van der Waals surface area contributed by atoms with Crippen molar-refractivity contribution in [2.75, 3.05) is 6.61 Å². The van der Waals surface area contributed by atoms with E-state index in [0.717, 1.165) is 22.5 Å². The van der Waals surface area contributed by atoms with Crippen LogP contribution >= 0.6 is 22.7 Å². The summed E-state index contributed by atoms with van der Waals surface area (Å²) in [4.78, 5) is 30.7. The maximum Gasteiger partial charge on any atom is 0.349 e. The molecule has 0 fully saturated rings. The van der Waals surface area contributed by atoms with E-state index in [-0.39, 0.29) is 10.8 Å². The number of hydrogen-bond acceptors (Lipinski definition) is 7. The number of aromatic nitrogens is 2. The Balaban J connectivity index is 0.000000192. The summed E-state index contributed by atoms with van der Waals surface area (Å²) in [6.45, 7) is 2.14. The molecular weight excluding hydrogens is 468 g/mol. The van der Waals surface area contributed by atoms with E-state index in [0.29, 0.717) is 21.5 Å². The minimum absolute atomic E-state index is 0.206. The Bertz CT molecular complexity index is 1370. The second-order valence-electron chi connectivity index (χ2n) is 6.32. The van der Waals surface area contributed by atoms with Gasteiger partial charge in [-0.1, -0.05) is 70.9 Å². The molecule has 8 heteroatoms. The summed E-state index contributed by atoms with van der Waals surface area (Å²) in [7, 11) is 0. The van der Waals surface area contributed by atoms with E-state index in [1.807, 2.05) is 60.7 Å². The number of thiazole rings is 2. The van der Waals surface area contributed by atoms with Crippen molar-refractivity contribution in [2.45, 2.75) is 6.92 Å². The molecule has 2 aromatic carbocycles. The predicted octanol–water partition coefficient (Wildman–Crippen LogP) is 4.96. The molecule has 0 unspecified atom stereocenters. The number of carboxylic acids is 1. The Morgan fingerprint density at radius 1 is 0.794 bits per heavy atom. The first-order valence-corrected chi connectivity index (χ1v) is 11.6. The Labute approximate surface area is 204 Å². The van der Waals surface area contributed by atoms with Crippen LogP contribution in [0.4, 0.5) is 0 Å². The summed E-state index contributed by atoms with van der Waals surface area (Å²) in [6, 6.07) is 19.1. The maximum atomic E-state index is 11.4. The number of benzene rings is 2. The number of carboxylic acid groups (broad SMARTS) is 1. The van der Waals surface area contributed by atoms with Gasteiger partial charge < -0.3 is 9.84 Å². The van der Waals surface area contributed by atoms with Gasteiger partial charge in [0.2, 0.25) is 0 Å². The molecular formula is C26H18N2O4S2. The number of nitrogens with zero attached hydrogens (tertiary/aromatic N) is 2. The lowest BCUT2D eigenvalue weighted by Gasteiger charge is -1.95. The van der Waals surface area contributed by atoms with Crippen LogP contribution in [-0.2, 0) is 4.74 Å². The van der Waals surface area contributed by atoms with Crippen LogP contribution in [0.3, 0.4) is 0 Å². The van der Waals surface area contributed by atoms with Crippen molar-refractivity contribution in [3.63, 3.8) is 0 Å². The molecule has 0 radical (unpaired) electrons. The number of ether oxygens (including phenoxy) is 1. The zero-order valence-electron chi connectivity index (χ0n) is 18.0. The minimum Gasteiger partial charge on any atom is -0.477 e. The Morgan fingerprint density at radius 3 is 1.71 bits per heavy atom. The first kappa shape index (κ1) is 24.4. The molecule has 2 heterocycles. The van der Waals surface area contributed by atoms with Gasteiger partial charge in [0.15, 0.2) is 10.0 Å². The fourth-order valence-corrected chi connectivity index (χ4v) is 3.63. The Kier molecular flexibility index (Phi) is 9.12. The molecule has 6 nitrogen and oxygen atoms in total.